The van der Waals surface area contributed by atoms with E-state index in [0.717, 1.165) is 25.8 Å². The van der Waals surface area contributed by atoms with E-state index in [4.69, 9.17) is 0 Å². The Morgan fingerprint density at radius 3 is 2.83 bits per heavy atom. The highest BCUT2D eigenvalue weighted by atomic mass is 32.1. The molecule has 0 spiro atoms. The van der Waals surface area contributed by atoms with Crippen LogP contribution < -0.4 is 10.6 Å². The second-order valence-corrected chi connectivity index (χ2v) is 6.62. The second kappa shape index (κ2) is 8.05. The van der Waals surface area contributed by atoms with Gasteiger partial charge in [-0.3, -0.25) is 14.4 Å². The van der Waals surface area contributed by atoms with Gasteiger partial charge in [-0.25, -0.2) is 4.98 Å². The van der Waals surface area contributed by atoms with Gasteiger partial charge in [0.1, 0.15) is 12.5 Å². The SMILES string of the molecule is C[C@H](NC(=O)CC(=O)Nc1nccs1)C(=O)N1CCCC[C@@H]1C. The van der Waals surface area contributed by atoms with Crippen molar-refractivity contribution < 1.29 is 14.4 Å². The van der Waals surface area contributed by atoms with Crippen molar-refractivity contribution in [3.63, 3.8) is 0 Å². The molecule has 1 aromatic heterocycles. The van der Waals surface area contributed by atoms with Gasteiger partial charge in [-0.1, -0.05) is 0 Å². The minimum absolute atomic E-state index is 0.0918. The summed E-state index contributed by atoms with van der Waals surface area (Å²) in [6.07, 6.45) is 4.35. The second-order valence-electron chi connectivity index (χ2n) is 5.73. The number of nitrogens with one attached hydrogen (secondary N) is 2. The summed E-state index contributed by atoms with van der Waals surface area (Å²) >= 11 is 1.28. The van der Waals surface area contributed by atoms with Crippen molar-refractivity contribution in [3.05, 3.63) is 11.6 Å². The van der Waals surface area contributed by atoms with Crippen LogP contribution in [0.4, 0.5) is 5.13 Å². The maximum atomic E-state index is 12.4. The number of likely N-dealkylation sites (tertiary alicyclic amines) is 1. The van der Waals surface area contributed by atoms with Crippen LogP contribution >= 0.6 is 11.3 Å². The standard InChI is InChI=1S/C15H22N4O3S/c1-10-5-3-4-7-19(10)14(22)11(2)17-12(20)9-13(21)18-15-16-6-8-23-15/h6,8,10-11H,3-5,7,9H2,1-2H3,(H,17,20)(H,16,18,21)/t10-,11-/m0/s1. The van der Waals surface area contributed by atoms with E-state index >= 15 is 0 Å². The van der Waals surface area contributed by atoms with Crippen LogP contribution in [0.1, 0.15) is 39.5 Å². The number of nitrogens with zero attached hydrogens (tertiary/aromatic N) is 2. The number of carbonyl (C=O) groups excluding carboxylic acids is 3. The van der Waals surface area contributed by atoms with Crippen LogP contribution in [0.2, 0.25) is 0 Å². The van der Waals surface area contributed by atoms with Crippen molar-refractivity contribution in [2.45, 2.75) is 51.6 Å². The Morgan fingerprint density at radius 2 is 2.17 bits per heavy atom. The van der Waals surface area contributed by atoms with Crippen LogP contribution in [0.15, 0.2) is 11.6 Å². The number of hydrogen-bond acceptors (Lipinski definition) is 5. The van der Waals surface area contributed by atoms with Crippen LogP contribution in [0.25, 0.3) is 0 Å². The molecule has 2 N–H and O–H groups in total. The Kier molecular flexibility index (Phi) is 6.09. The molecule has 0 unspecified atom stereocenters. The minimum Gasteiger partial charge on any atom is -0.344 e. The lowest BCUT2D eigenvalue weighted by atomic mass is 10.0. The summed E-state index contributed by atoms with van der Waals surface area (Å²) in [4.78, 5) is 41.7. The molecule has 3 amide bonds. The molecule has 7 nitrogen and oxygen atoms in total. The smallest absolute Gasteiger partial charge is 0.245 e. The first-order valence-corrected chi connectivity index (χ1v) is 8.64. The average molecular weight is 338 g/mol. The predicted octanol–water partition coefficient (Wildman–Crippen LogP) is 1.38. The molecule has 0 bridgehead atoms. The first-order chi connectivity index (χ1) is 11.0. The van der Waals surface area contributed by atoms with E-state index in [1.54, 1.807) is 18.5 Å². The summed E-state index contributed by atoms with van der Waals surface area (Å²) in [5.74, 6) is -1.00. The third-order valence-electron chi connectivity index (χ3n) is 3.83. The summed E-state index contributed by atoms with van der Waals surface area (Å²) in [6.45, 7) is 4.40. The zero-order chi connectivity index (χ0) is 16.8. The van der Waals surface area contributed by atoms with Crippen LogP contribution in [-0.4, -0.2) is 46.2 Å². The van der Waals surface area contributed by atoms with Gasteiger partial charge in [0.25, 0.3) is 0 Å². The molecule has 126 valence electrons. The molecule has 0 aliphatic carbocycles. The molecule has 1 aliphatic heterocycles. The Bertz CT molecular complexity index is 561. The number of aromatic nitrogens is 1. The summed E-state index contributed by atoms with van der Waals surface area (Å²) in [5.41, 5.74) is 0. The molecule has 2 atom stereocenters. The normalized spacial score (nSPS) is 19.0. The van der Waals surface area contributed by atoms with Gasteiger partial charge >= 0.3 is 0 Å². The summed E-state index contributed by atoms with van der Waals surface area (Å²) < 4.78 is 0. The number of amides is 3. The number of carbonyl (C=O) groups is 3. The van der Waals surface area contributed by atoms with Crippen molar-refractivity contribution in [1.29, 1.82) is 0 Å². The average Bonchev–Trinajstić information content (AvgIpc) is 2.99. The molecule has 1 aliphatic rings. The Hall–Kier alpha value is -1.96. The summed E-state index contributed by atoms with van der Waals surface area (Å²) in [6, 6.07) is -0.431. The molecular formula is C15H22N4O3S. The molecule has 0 saturated carbocycles. The van der Waals surface area contributed by atoms with Crippen molar-refractivity contribution >= 4 is 34.2 Å². The topological polar surface area (TPSA) is 91.4 Å². The van der Waals surface area contributed by atoms with Crippen LogP contribution in [0.5, 0.6) is 0 Å². The van der Waals surface area contributed by atoms with E-state index in [0.29, 0.717) is 5.13 Å². The van der Waals surface area contributed by atoms with Crippen molar-refractivity contribution in [1.82, 2.24) is 15.2 Å². The monoisotopic (exact) mass is 338 g/mol. The zero-order valence-corrected chi connectivity index (χ0v) is 14.2. The third-order valence-corrected chi connectivity index (χ3v) is 4.52. The first-order valence-electron chi connectivity index (χ1n) is 7.76. The number of rotatable bonds is 5. The van der Waals surface area contributed by atoms with Crippen molar-refractivity contribution in [2.75, 3.05) is 11.9 Å². The fraction of sp³-hybridized carbons (Fsp3) is 0.600. The maximum Gasteiger partial charge on any atom is 0.245 e. The van der Waals surface area contributed by atoms with Gasteiger partial charge < -0.3 is 15.5 Å². The molecule has 23 heavy (non-hydrogen) atoms. The van der Waals surface area contributed by atoms with Crippen LogP contribution in [0, 0.1) is 0 Å². The van der Waals surface area contributed by atoms with E-state index in [-0.39, 0.29) is 18.4 Å². The van der Waals surface area contributed by atoms with Crippen LogP contribution in [-0.2, 0) is 14.4 Å². The minimum atomic E-state index is -0.629. The Morgan fingerprint density at radius 1 is 1.39 bits per heavy atom. The van der Waals surface area contributed by atoms with Gasteiger partial charge in [0.2, 0.25) is 17.7 Å². The van der Waals surface area contributed by atoms with Crippen molar-refractivity contribution in [2.24, 2.45) is 0 Å². The number of piperidine rings is 1. The Labute approximate surface area is 139 Å². The van der Waals surface area contributed by atoms with Gasteiger partial charge in [0, 0.05) is 24.2 Å². The molecule has 1 saturated heterocycles. The third kappa shape index (κ3) is 5.02. The van der Waals surface area contributed by atoms with E-state index in [1.807, 2.05) is 11.8 Å². The molecule has 2 rings (SSSR count). The quantitative estimate of drug-likeness (QED) is 0.794. The number of thiazole rings is 1. The van der Waals surface area contributed by atoms with Gasteiger partial charge in [-0.15, -0.1) is 11.3 Å². The number of hydrogen-bond donors (Lipinski definition) is 2. The molecule has 2 heterocycles. The predicted molar refractivity (Wildman–Crippen MR) is 88.0 cm³/mol. The van der Waals surface area contributed by atoms with Crippen LogP contribution in [0.3, 0.4) is 0 Å². The van der Waals surface area contributed by atoms with Crippen molar-refractivity contribution in [3.8, 4) is 0 Å². The highest BCUT2D eigenvalue weighted by molar-refractivity contribution is 7.13. The van der Waals surface area contributed by atoms with E-state index in [2.05, 4.69) is 15.6 Å². The maximum absolute atomic E-state index is 12.4. The van der Waals surface area contributed by atoms with Gasteiger partial charge in [0.05, 0.1) is 0 Å². The van der Waals surface area contributed by atoms with E-state index < -0.39 is 17.9 Å². The van der Waals surface area contributed by atoms with Gasteiger partial charge in [-0.05, 0) is 33.1 Å². The molecule has 0 radical (unpaired) electrons. The molecular weight excluding hydrogens is 316 g/mol. The lowest BCUT2D eigenvalue weighted by molar-refractivity contribution is -0.139. The summed E-state index contributed by atoms with van der Waals surface area (Å²) in [5, 5.41) is 7.32. The molecule has 1 aromatic rings. The molecule has 0 aromatic carbocycles. The molecule has 8 heteroatoms. The highest BCUT2D eigenvalue weighted by Gasteiger charge is 2.28. The summed E-state index contributed by atoms with van der Waals surface area (Å²) in [7, 11) is 0. The van der Waals surface area contributed by atoms with E-state index in [1.165, 1.54) is 11.3 Å². The van der Waals surface area contributed by atoms with Gasteiger partial charge in [0.15, 0.2) is 5.13 Å². The molecule has 1 fully saturated rings. The largest absolute Gasteiger partial charge is 0.344 e. The first kappa shape index (κ1) is 17.4. The lowest BCUT2D eigenvalue weighted by Gasteiger charge is -2.35. The fourth-order valence-corrected chi connectivity index (χ4v) is 3.17. The Balaban J connectivity index is 1.79. The zero-order valence-electron chi connectivity index (χ0n) is 13.4. The van der Waals surface area contributed by atoms with Gasteiger partial charge in [-0.2, -0.15) is 0 Å². The highest BCUT2D eigenvalue weighted by Crippen LogP contribution is 2.17. The van der Waals surface area contributed by atoms with E-state index in [9.17, 15) is 14.4 Å². The fourth-order valence-electron chi connectivity index (χ4n) is 2.62. The lowest BCUT2D eigenvalue weighted by Crippen LogP contribution is -2.51. The number of anilines is 1.